The van der Waals surface area contributed by atoms with Crippen molar-refractivity contribution in [3.8, 4) is 0 Å². The van der Waals surface area contributed by atoms with E-state index in [4.69, 9.17) is 9.47 Å². The van der Waals surface area contributed by atoms with Crippen LogP contribution >= 0.6 is 0 Å². The summed E-state index contributed by atoms with van der Waals surface area (Å²) >= 11 is 0. The molecule has 2 aliphatic heterocycles. The molecule has 1 aromatic rings. The van der Waals surface area contributed by atoms with Crippen molar-refractivity contribution in [1.82, 2.24) is 10.2 Å². The van der Waals surface area contributed by atoms with E-state index < -0.39 is 0 Å². The molecule has 1 aromatic carbocycles. The summed E-state index contributed by atoms with van der Waals surface area (Å²) in [6.45, 7) is 5.77. The van der Waals surface area contributed by atoms with E-state index in [1.54, 1.807) is 6.26 Å². The van der Waals surface area contributed by atoms with Gasteiger partial charge in [0.15, 0.2) is 0 Å². The van der Waals surface area contributed by atoms with E-state index in [1.807, 2.05) is 0 Å². The van der Waals surface area contributed by atoms with E-state index in [2.05, 4.69) is 40.5 Å². The lowest BCUT2D eigenvalue weighted by atomic mass is 9.97. The lowest BCUT2D eigenvalue weighted by Crippen LogP contribution is -2.45. The van der Waals surface area contributed by atoms with Crippen molar-refractivity contribution in [2.24, 2.45) is 5.92 Å². The van der Waals surface area contributed by atoms with Crippen LogP contribution in [0.25, 0.3) is 0 Å². The molecule has 0 aliphatic carbocycles. The van der Waals surface area contributed by atoms with Crippen molar-refractivity contribution >= 4 is 0 Å². The highest BCUT2D eigenvalue weighted by atomic mass is 16.7. The predicted molar refractivity (Wildman–Crippen MR) is 78.1 cm³/mol. The van der Waals surface area contributed by atoms with Gasteiger partial charge in [-0.3, -0.25) is 0 Å². The fourth-order valence-corrected chi connectivity index (χ4v) is 2.83. The molecule has 1 fully saturated rings. The molecule has 0 bridgehead atoms. The Labute approximate surface area is 120 Å². The quantitative estimate of drug-likeness (QED) is 0.884. The summed E-state index contributed by atoms with van der Waals surface area (Å²) in [6, 6.07) is 10.6. The van der Waals surface area contributed by atoms with Gasteiger partial charge in [-0.1, -0.05) is 30.3 Å². The first-order valence-electron chi connectivity index (χ1n) is 7.33. The highest BCUT2D eigenvalue weighted by Crippen LogP contribution is 2.23. The molecule has 0 amide bonds. The largest absolute Gasteiger partial charge is 0.462 e. The van der Waals surface area contributed by atoms with Gasteiger partial charge in [0.25, 0.3) is 0 Å². The van der Waals surface area contributed by atoms with E-state index in [1.165, 1.54) is 5.56 Å². The number of nitrogens with zero attached hydrogens (tertiary/aromatic N) is 1. The first kappa shape index (κ1) is 13.5. The lowest BCUT2D eigenvalue weighted by Gasteiger charge is -2.30. The molecule has 20 heavy (non-hydrogen) atoms. The number of rotatable bonds is 5. The second-order valence-corrected chi connectivity index (χ2v) is 5.39. The normalized spacial score (nSPS) is 20.9. The van der Waals surface area contributed by atoms with Gasteiger partial charge in [0.2, 0.25) is 6.79 Å². The summed E-state index contributed by atoms with van der Waals surface area (Å²) in [5, 5.41) is 3.39. The van der Waals surface area contributed by atoms with Crippen molar-refractivity contribution in [3.63, 3.8) is 0 Å². The van der Waals surface area contributed by atoms with Crippen LogP contribution in [0.15, 0.2) is 42.4 Å². The Hall–Kier alpha value is -1.52. The van der Waals surface area contributed by atoms with Gasteiger partial charge in [0, 0.05) is 38.6 Å². The third-order valence-electron chi connectivity index (χ3n) is 3.91. The molecule has 108 valence electrons. The first-order valence-corrected chi connectivity index (χ1v) is 7.33. The molecule has 2 heterocycles. The molecule has 0 radical (unpaired) electrons. The highest BCUT2D eigenvalue weighted by molar-refractivity contribution is 5.17. The van der Waals surface area contributed by atoms with Gasteiger partial charge < -0.3 is 19.7 Å². The zero-order valence-corrected chi connectivity index (χ0v) is 11.8. The summed E-state index contributed by atoms with van der Waals surface area (Å²) in [7, 11) is 0. The highest BCUT2D eigenvalue weighted by Gasteiger charge is 2.24. The Morgan fingerprint density at radius 1 is 1.15 bits per heavy atom. The van der Waals surface area contributed by atoms with Crippen molar-refractivity contribution in [3.05, 3.63) is 47.9 Å². The zero-order valence-electron chi connectivity index (χ0n) is 11.8. The number of hydrogen-bond acceptors (Lipinski definition) is 4. The smallest absolute Gasteiger partial charge is 0.229 e. The van der Waals surface area contributed by atoms with Crippen LogP contribution in [0.2, 0.25) is 0 Å². The minimum absolute atomic E-state index is 0.363. The van der Waals surface area contributed by atoms with Crippen LogP contribution < -0.4 is 5.32 Å². The van der Waals surface area contributed by atoms with Gasteiger partial charge in [-0.25, -0.2) is 0 Å². The molecule has 1 N–H and O–H groups in total. The maximum Gasteiger partial charge on any atom is 0.229 e. The predicted octanol–water partition coefficient (Wildman–Crippen LogP) is 1.60. The monoisotopic (exact) mass is 274 g/mol. The van der Waals surface area contributed by atoms with Crippen LogP contribution in [0.1, 0.15) is 5.56 Å². The van der Waals surface area contributed by atoms with Crippen LogP contribution in [0, 0.1) is 5.92 Å². The number of benzene rings is 1. The van der Waals surface area contributed by atoms with Crippen molar-refractivity contribution < 1.29 is 9.47 Å². The molecule has 2 aliphatic rings. The maximum absolute atomic E-state index is 5.63. The summed E-state index contributed by atoms with van der Waals surface area (Å²) in [4.78, 5) is 2.51. The molecule has 4 nitrogen and oxygen atoms in total. The molecular formula is C16H22N2O2. The molecule has 1 atom stereocenters. The molecule has 1 saturated heterocycles. The summed E-state index contributed by atoms with van der Waals surface area (Å²) < 4.78 is 10.9. The maximum atomic E-state index is 5.63. The first-order chi connectivity index (χ1) is 9.92. The van der Waals surface area contributed by atoms with E-state index >= 15 is 0 Å². The molecular weight excluding hydrogens is 252 g/mol. The number of ether oxygens (including phenoxy) is 2. The van der Waals surface area contributed by atoms with Gasteiger partial charge in [-0.05, 0) is 12.0 Å². The van der Waals surface area contributed by atoms with Crippen molar-refractivity contribution in [2.75, 3.05) is 39.5 Å². The second kappa shape index (κ2) is 6.77. The molecule has 0 aromatic heterocycles. The molecule has 0 saturated carbocycles. The molecule has 0 spiro atoms. The fourth-order valence-electron chi connectivity index (χ4n) is 2.83. The van der Waals surface area contributed by atoms with Crippen molar-refractivity contribution in [2.45, 2.75) is 6.42 Å². The second-order valence-electron chi connectivity index (χ2n) is 5.39. The number of hydrogen-bond donors (Lipinski definition) is 1. The Morgan fingerprint density at radius 2 is 1.95 bits per heavy atom. The Kier molecular flexibility index (Phi) is 4.56. The molecule has 1 unspecified atom stereocenters. The van der Waals surface area contributed by atoms with E-state index in [0.29, 0.717) is 12.7 Å². The lowest BCUT2D eigenvalue weighted by molar-refractivity contribution is 0.0654. The van der Waals surface area contributed by atoms with Crippen molar-refractivity contribution in [1.29, 1.82) is 0 Å². The SMILES string of the molecule is C1=C(C(Cc2ccccc2)CN2CCNCC2)OCO1. The van der Waals surface area contributed by atoms with Gasteiger partial charge >= 0.3 is 0 Å². The van der Waals surface area contributed by atoms with Gasteiger partial charge in [-0.2, -0.15) is 0 Å². The summed E-state index contributed by atoms with van der Waals surface area (Å²) in [5.74, 6) is 1.37. The average Bonchev–Trinajstić information content (AvgIpc) is 3.03. The van der Waals surface area contributed by atoms with Gasteiger partial charge in [-0.15, -0.1) is 0 Å². The Bertz CT molecular complexity index is 441. The van der Waals surface area contributed by atoms with E-state index in [0.717, 1.165) is 44.9 Å². The average molecular weight is 274 g/mol. The Balaban J connectivity index is 1.66. The van der Waals surface area contributed by atoms with E-state index in [-0.39, 0.29) is 0 Å². The van der Waals surface area contributed by atoms with Crippen LogP contribution in [-0.4, -0.2) is 44.4 Å². The van der Waals surface area contributed by atoms with Crippen LogP contribution in [0.4, 0.5) is 0 Å². The Morgan fingerprint density at radius 3 is 2.65 bits per heavy atom. The summed E-state index contributed by atoms with van der Waals surface area (Å²) in [5.41, 5.74) is 1.35. The summed E-state index contributed by atoms with van der Waals surface area (Å²) in [6.07, 6.45) is 2.79. The van der Waals surface area contributed by atoms with Crippen LogP contribution in [0.3, 0.4) is 0 Å². The topological polar surface area (TPSA) is 33.7 Å². The molecule has 4 heteroatoms. The van der Waals surface area contributed by atoms with Crippen LogP contribution in [-0.2, 0) is 15.9 Å². The third kappa shape index (κ3) is 3.52. The van der Waals surface area contributed by atoms with Gasteiger partial charge in [0.1, 0.15) is 12.0 Å². The van der Waals surface area contributed by atoms with Gasteiger partial charge in [0.05, 0.1) is 0 Å². The third-order valence-corrected chi connectivity index (χ3v) is 3.91. The number of piperazine rings is 1. The fraction of sp³-hybridized carbons (Fsp3) is 0.500. The van der Waals surface area contributed by atoms with E-state index in [9.17, 15) is 0 Å². The standard InChI is InChI=1S/C16H22N2O2/c1-2-4-14(5-3-1)10-15(16-12-19-13-20-16)11-18-8-6-17-7-9-18/h1-5,12,15,17H,6-11,13H2. The van der Waals surface area contributed by atoms with Crippen LogP contribution in [0.5, 0.6) is 0 Å². The molecule has 3 rings (SSSR count). The number of nitrogens with one attached hydrogen (secondary N) is 1. The zero-order chi connectivity index (χ0) is 13.6. The minimum atomic E-state index is 0.363. The minimum Gasteiger partial charge on any atom is -0.462 e.